The summed E-state index contributed by atoms with van der Waals surface area (Å²) in [5.74, 6) is 0.842. The zero-order valence-electron chi connectivity index (χ0n) is 13.0. The van der Waals surface area contributed by atoms with Crippen LogP contribution in [-0.2, 0) is 7.05 Å². The molecule has 0 bridgehead atoms. The standard InChI is InChI=1S/C16H22N6/c1-20-10-13(9-18-20)15-5-6-17-16(19-15)22-11-14(12-22)21-7-3-2-4-8-21/h5-6,9-10,14H,2-4,7-8,11-12H2,1H3. The fourth-order valence-electron chi connectivity index (χ4n) is 3.35. The smallest absolute Gasteiger partial charge is 0.225 e. The van der Waals surface area contributed by atoms with E-state index in [2.05, 4.69) is 19.9 Å². The summed E-state index contributed by atoms with van der Waals surface area (Å²) in [5, 5.41) is 4.21. The lowest BCUT2D eigenvalue weighted by molar-refractivity contribution is 0.138. The van der Waals surface area contributed by atoms with Gasteiger partial charge in [-0.1, -0.05) is 6.42 Å². The van der Waals surface area contributed by atoms with E-state index < -0.39 is 0 Å². The number of likely N-dealkylation sites (tertiary alicyclic amines) is 1. The normalized spacial score (nSPS) is 20.1. The fourth-order valence-corrected chi connectivity index (χ4v) is 3.35. The first-order valence-corrected chi connectivity index (χ1v) is 8.11. The molecular formula is C16H22N6. The van der Waals surface area contributed by atoms with Gasteiger partial charge >= 0.3 is 0 Å². The molecule has 2 aliphatic rings. The number of hydrogen-bond donors (Lipinski definition) is 0. The van der Waals surface area contributed by atoms with Gasteiger partial charge in [0.2, 0.25) is 5.95 Å². The quantitative estimate of drug-likeness (QED) is 0.860. The predicted molar refractivity (Wildman–Crippen MR) is 85.7 cm³/mol. The maximum Gasteiger partial charge on any atom is 0.225 e. The van der Waals surface area contributed by atoms with E-state index in [-0.39, 0.29) is 0 Å². The van der Waals surface area contributed by atoms with Crippen LogP contribution in [0.3, 0.4) is 0 Å². The first-order chi connectivity index (χ1) is 10.8. The van der Waals surface area contributed by atoms with E-state index in [1.807, 2.05) is 31.7 Å². The number of piperidine rings is 1. The van der Waals surface area contributed by atoms with E-state index in [0.29, 0.717) is 6.04 Å². The highest BCUT2D eigenvalue weighted by atomic mass is 15.4. The molecule has 2 saturated heterocycles. The summed E-state index contributed by atoms with van der Waals surface area (Å²) >= 11 is 0. The lowest BCUT2D eigenvalue weighted by Crippen LogP contribution is -2.60. The molecule has 0 aromatic carbocycles. The molecule has 22 heavy (non-hydrogen) atoms. The average Bonchev–Trinajstić information content (AvgIpc) is 2.94. The Morgan fingerprint density at radius 3 is 2.68 bits per heavy atom. The second kappa shape index (κ2) is 5.68. The molecule has 6 heteroatoms. The predicted octanol–water partition coefficient (Wildman–Crippen LogP) is 1.55. The molecule has 0 unspecified atom stereocenters. The van der Waals surface area contributed by atoms with E-state index in [1.165, 1.54) is 32.4 Å². The molecule has 2 fully saturated rings. The minimum Gasteiger partial charge on any atom is -0.338 e. The van der Waals surface area contributed by atoms with E-state index in [4.69, 9.17) is 4.98 Å². The molecule has 0 radical (unpaired) electrons. The summed E-state index contributed by atoms with van der Waals surface area (Å²) in [6, 6.07) is 2.63. The minimum absolute atomic E-state index is 0.686. The van der Waals surface area contributed by atoms with Crippen molar-refractivity contribution in [1.82, 2.24) is 24.6 Å². The van der Waals surface area contributed by atoms with Gasteiger partial charge in [0.05, 0.1) is 11.9 Å². The molecule has 0 atom stereocenters. The van der Waals surface area contributed by atoms with Gasteiger partial charge < -0.3 is 4.90 Å². The Morgan fingerprint density at radius 2 is 1.95 bits per heavy atom. The van der Waals surface area contributed by atoms with Gasteiger partial charge in [-0.25, -0.2) is 9.97 Å². The van der Waals surface area contributed by atoms with Gasteiger partial charge in [-0.15, -0.1) is 0 Å². The van der Waals surface area contributed by atoms with E-state index >= 15 is 0 Å². The Hall–Kier alpha value is -1.95. The fraction of sp³-hybridized carbons (Fsp3) is 0.562. The van der Waals surface area contributed by atoms with Gasteiger partial charge in [0, 0.05) is 44.1 Å². The number of aromatic nitrogens is 4. The number of hydrogen-bond acceptors (Lipinski definition) is 5. The van der Waals surface area contributed by atoms with Crippen LogP contribution >= 0.6 is 0 Å². The number of aryl methyl sites for hydroxylation is 1. The second-order valence-electron chi connectivity index (χ2n) is 6.30. The third-order valence-electron chi connectivity index (χ3n) is 4.70. The Kier molecular flexibility index (Phi) is 3.54. The summed E-state index contributed by atoms with van der Waals surface area (Å²) in [5.41, 5.74) is 1.98. The van der Waals surface area contributed by atoms with Gasteiger partial charge in [0.25, 0.3) is 0 Å². The lowest BCUT2D eigenvalue weighted by Gasteiger charge is -2.46. The maximum atomic E-state index is 4.70. The van der Waals surface area contributed by atoms with Gasteiger partial charge in [-0.2, -0.15) is 5.10 Å². The molecule has 0 spiro atoms. The topological polar surface area (TPSA) is 50.1 Å². The Balaban J connectivity index is 1.44. The maximum absolute atomic E-state index is 4.70. The summed E-state index contributed by atoms with van der Waals surface area (Å²) < 4.78 is 1.80. The molecule has 2 aliphatic heterocycles. The molecule has 2 aromatic rings. The van der Waals surface area contributed by atoms with Gasteiger partial charge in [-0.05, 0) is 32.0 Å². The van der Waals surface area contributed by atoms with Crippen LogP contribution < -0.4 is 4.90 Å². The van der Waals surface area contributed by atoms with Crippen LogP contribution in [-0.4, -0.2) is 56.9 Å². The summed E-state index contributed by atoms with van der Waals surface area (Å²) in [6.45, 7) is 4.62. The summed E-state index contributed by atoms with van der Waals surface area (Å²) in [4.78, 5) is 14.1. The van der Waals surface area contributed by atoms with Crippen LogP contribution in [0.25, 0.3) is 11.3 Å². The van der Waals surface area contributed by atoms with Crippen molar-refractivity contribution in [2.24, 2.45) is 7.05 Å². The summed E-state index contributed by atoms with van der Waals surface area (Å²) in [6.07, 6.45) is 9.77. The zero-order chi connectivity index (χ0) is 14.9. The van der Waals surface area contributed by atoms with Crippen molar-refractivity contribution >= 4 is 5.95 Å². The number of anilines is 1. The molecule has 0 saturated carbocycles. The van der Waals surface area contributed by atoms with Crippen LogP contribution in [0.2, 0.25) is 0 Å². The van der Waals surface area contributed by atoms with Crippen molar-refractivity contribution in [2.75, 3.05) is 31.1 Å². The highest BCUT2D eigenvalue weighted by Crippen LogP contribution is 2.25. The first kappa shape index (κ1) is 13.7. The molecule has 6 nitrogen and oxygen atoms in total. The van der Waals surface area contributed by atoms with E-state index in [1.54, 1.807) is 4.68 Å². The highest BCUT2D eigenvalue weighted by molar-refractivity contribution is 5.58. The van der Waals surface area contributed by atoms with Crippen LogP contribution in [0, 0.1) is 0 Å². The Bertz CT molecular complexity index is 640. The van der Waals surface area contributed by atoms with Crippen molar-refractivity contribution in [3.8, 4) is 11.3 Å². The van der Waals surface area contributed by atoms with Crippen LogP contribution in [0.5, 0.6) is 0 Å². The zero-order valence-corrected chi connectivity index (χ0v) is 13.0. The van der Waals surface area contributed by atoms with Gasteiger partial charge in [0.1, 0.15) is 0 Å². The molecule has 4 heterocycles. The Labute approximate surface area is 130 Å². The molecule has 0 N–H and O–H groups in total. The number of rotatable bonds is 3. The molecular weight excluding hydrogens is 276 g/mol. The third-order valence-corrected chi connectivity index (χ3v) is 4.70. The van der Waals surface area contributed by atoms with Crippen molar-refractivity contribution in [1.29, 1.82) is 0 Å². The van der Waals surface area contributed by atoms with E-state index in [0.717, 1.165) is 30.3 Å². The van der Waals surface area contributed by atoms with Gasteiger partial charge in [-0.3, -0.25) is 9.58 Å². The first-order valence-electron chi connectivity index (χ1n) is 8.11. The van der Waals surface area contributed by atoms with Crippen molar-refractivity contribution < 1.29 is 0 Å². The van der Waals surface area contributed by atoms with Crippen LogP contribution in [0.4, 0.5) is 5.95 Å². The third kappa shape index (κ3) is 2.59. The number of nitrogens with zero attached hydrogens (tertiary/aromatic N) is 6. The van der Waals surface area contributed by atoms with Crippen molar-refractivity contribution in [3.05, 3.63) is 24.7 Å². The van der Waals surface area contributed by atoms with Crippen LogP contribution in [0.15, 0.2) is 24.7 Å². The minimum atomic E-state index is 0.686. The molecule has 4 rings (SSSR count). The largest absolute Gasteiger partial charge is 0.338 e. The van der Waals surface area contributed by atoms with Gasteiger partial charge in [0.15, 0.2) is 0 Å². The highest BCUT2D eigenvalue weighted by Gasteiger charge is 2.33. The average molecular weight is 298 g/mol. The van der Waals surface area contributed by atoms with E-state index in [9.17, 15) is 0 Å². The Morgan fingerprint density at radius 1 is 1.14 bits per heavy atom. The van der Waals surface area contributed by atoms with Crippen LogP contribution in [0.1, 0.15) is 19.3 Å². The SMILES string of the molecule is Cn1cc(-c2ccnc(N3CC(N4CCCCC4)C3)n2)cn1. The monoisotopic (exact) mass is 298 g/mol. The molecule has 0 aliphatic carbocycles. The molecule has 116 valence electrons. The van der Waals surface area contributed by atoms with Crippen molar-refractivity contribution in [3.63, 3.8) is 0 Å². The molecule has 2 aromatic heterocycles. The summed E-state index contributed by atoms with van der Waals surface area (Å²) in [7, 11) is 1.92. The second-order valence-corrected chi connectivity index (χ2v) is 6.30. The van der Waals surface area contributed by atoms with Crippen molar-refractivity contribution in [2.45, 2.75) is 25.3 Å². The lowest BCUT2D eigenvalue weighted by atomic mass is 10.0. The molecule has 0 amide bonds.